The van der Waals surface area contributed by atoms with Crippen molar-refractivity contribution in [3.05, 3.63) is 71.8 Å². The third kappa shape index (κ3) is 8.46. The van der Waals surface area contributed by atoms with Crippen LogP contribution in [-0.2, 0) is 16.2 Å². The Hall–Kier alpha value is -3.28. The Morgan fingerprint density at radius 1 is 1.06 bits per heavy atom. The molecule has 1 heterocycles. The summed E-state index contributed by atoms with van der Waals surface area (Å²) >= 11 is 0. The maximum Gasteiger partial charge on any atom is 0.222 e. The molecule has 0 bridgehead atoms. The molecule has 1 fully saturated rings. The summed E-state index contributed by atoms with van der Waals surface area (Å²) in [6.07, 6.45) is 4.71. The number of ether oxygens (including phenoxy) is 1. The number of likely N-dealkylation sites (tertiary alicyclic amines) is 1. The summed E-state index contributed by atoms with van der Waals surface area (Å²) in [5.74, 6) is 0.600. The summed E-state index contributed by atoms with van der Waals surface area (Å²) in [5, 5.41) is 0. The second-order valence-corrected chi connectivity index (χ2v) is 9.79. The molecule has 0 aromatic heterocycles. The van der Waals surface area contributed by atoms with E-state index in [0.29, 0.717) is 19.1 Å². The number of benzene rings is 2. The van der Waals surface area contributed by atoms with Crippen LogP contribution >= 0.6 is 0 Å². The third-order valence-electron chi connectivity index (χ3n) is 6.44. The average molecular weight is 478 g/mol. The molecule has 6 nitrogen and oxygen atoms in total. The van der Waals surface area contributed by atoms with Gasteiger partial charge in [0, 0.05) is 44.2 Å². The van der Waals surface area contributed by atoms with Gasteiger partial charge in [0.15, 0.2) is 0 Å². The monoisotopic (exact) mass is 477 g/mol. The fourth-order valence-corrected chi connectivity index (χ4v) is 4.49. The van der Waals surface area contributed by atoms with E-state index < -0.39 is 0 Å². The number of rotatable bonds is 11. The van der Waals surface area contributed by atoms with Gasteiger partial charge in [-0.2, -0.15) is 0 Å². The van der Waals surface area contributed by atoms with Crippen molar-refractivity contribution in [1.82, 2.24) is 4.90 Å². The smallest absolute Gasteiger partial charge is 0.222 e. The van der Waals surface area contributed by atoms with Crippen molar-refractivity contribution in [2.75, 3.05) is 24.5 Å². The lowest BCUT2D eigenvalue weighted by molar-refractivity contribution is -0.133. The minimum Gasteiger partial charge on any atom is -0.489 e. The van der Waals surface area contributed by atoms with E-state index in [9.17, 15) is 9.59 Å². The highest BCUT2D eigenvalue weighted by atomic mass is 16.5. The number of carbonyl (C=O) groups excluding carboxylic acids is 2. The van der Waals surface area contributed by atoms with Gasteiger partial charge in [-0.05, 0) is 62.4 Å². The number of anilines is 1. The van der Waals surface area contributed by atoms with Crippen molar-refractivity contribution < 1.29 is 14.3 Å². The van der Waals surface area contributed by atoms with Crippen molar-refractivity contribution in [3.8, 4) is 5.75 Å². The molecular weight excluding hydrogens is 438 g/mol. The van der Waals surface area contributed by atoms with Crippen LogP contribution in [0.15, 0.2) is 66.2 Å². The molecule has 1 atom stereocenters. The van der Waals surface area contributed by atoms with Crippen LogP contribution in [0, 0.1) is 5.92 Å². The van der Waals surface area contributed by atoms with Crippen molar-refractivity contribution in [1.29, 1.82) is 0 Å². The average Bonchev–Trinajstić information content (AvgIpc) is 2.84. The normalized spacial score (nSPS) is 14.8. The molecule has 0 aliphatic carbocycles. The van der Waals surface area contributed by atoms with Gasteiger partial charge in [-0.15, -0.1) is 0 Å². The lowest BCUT2D eigenvalue weighted by Crippen LogP contribution is -2.47. The molecular formula is C29H39N3O3. The molecule has 1 aliphatic rings. The van der Waals surface area contributed by atoms with Gasteiger partial charge in [0.25, 0.3) is 0 Å². The van der Waals surface area contributed by atoms with Gasteiger partial charge >= 0.3 is 0 Å². The molecule has 0 radical (unpaired) electrons. The Morgan fingerprint density at radius 2 is 1.71 bits per heavy atom. The minimum atomic E-state index is -0.351. The van der Waals surface area contributed by atoms with E-state index in [1.54, 1.807) is 0 Å². The van der Waals surface area contributed by atoms with Crippen LogP contribution < -0.4 is 15.4 Å². The summed E-state index contributed by atoms with van der Waals surface area (Å²) in [6, 6.07) is 18.8. The predicted molar refractivity (Wildman–Crippen MR) is 141 cm³/mol. The largest absolute Gasteiger partial charge is 0.489 e. The number of nitrogens with two attached hydrogens (primary N) is 1. The Labute approximate surface area is 209 Å². The number of allylic oxidation sites excluding steroid dienone is 1. The standard InChI is InChI=1S/C29H39N3O3/c1-22(2)13-18-32(25-9-11-27(12-10-25)35-21-24-7-5-4-6-8-24)26-14-16-31(17-15-26)29(34)20-23(3)19-28(30)33/h4-13,23,26H,14-21H2,1-3H3,(H2,30,33). The van der Waals surface area contributed by atoms with Gasteiger partial charge in [0.1, 0.15) is 12.4 Å². The Bertz CT molecular complexity index is 976. The molecule has 2 aromatic rings. The molecule has 0 spiro atoms. The third-order valence-corrected chi connectivity index (χ3v) is 6.44. The summed E-state index contributed by atoms with van der Waals surface area (Å²) in [5.41, 5.74) is 8.87. The van der Waals surface area contributed by atoms with Gasteiger partial charge in [0.2, 0.25) is 11.8 Å². The van der Waals surface area contributed by atoms with Crippen LogP contribution in [0.3, 0.4) is 0 Å². The van der Waals surface area contributed by atoms with E-state index in [1.165, 1.54) is 5.57 Å². The number of piperidine rings is 1. The molecule has 2 aromatic carbocycles. The zero-order chi connectivity index (χ0) is 25.2. The van der Waals surface area contributed by atoms with Crippen LogP contribution in [-0.4, -0.2) is 42.4 Å². The molecule has 1 aliphatic heterocycles. The van der Waals surface area contributed by atoms with Crippen LogP contribution in [0.1, 0.15) is 52.0 Å². The SMILES string of the molecule is CC(C)=CCN(c1ccc(OCc2ccccc2)cc1)C1CCN(C(=O)CC(C)CC(N)=O)CC1. The molecule has 188 valence electrons. The summed E-state index contributed by atoms with van der Waals surface area (Å²) in [7, 11) is 0. The van der Waals surface area contributed by atoms with E-state index in [2.05, 4.69) is 49.1 Å². The van der Waals surface area contributed by atoms with Gasteiger partial charge < -0.3 is 20.3 Å². The topological polar surface area (TPSA) is 75.9 Å². The molecule has 2 amide bonds. The number of nitrogens with zero attached hydrogens (tertiary/aromatic N) is 2. The first-order valence-electron chi connectivity index (χ1n) is 12.5. The summed E-state index contributed by atoms with van der Waals surface area (Å²) in [4.78, 5) is 28.2. The van der Waals surface area contributed by atoms with Gasteiger partial charge in [-0.1, -0.05) is 48.9 Å². The van der Waals surface area contributed by atoms with Crippen LogP contribution in [0.25, 0.3) is 0 Å². The predicted octanol–water partition coefficient (Wildman–Crippen LogP) is 4.93. The molecule has 1 saturated heterocycles. The fourth-order valence-electron chi connectivity index (χ4n) is 4.49. The van der Waals surface area contributed by atoms with E-state index in [4.69, 9.17) is 10.5 Å². The molecule has 2 N–H and O–H groups in total. The first-order chi connectivity index (χ1) is 16.8. The first kappa shape index (κ1) is 26.3. The maximum absolute atomic E-state index is 12.7. The second-order valence-electron chi connectivity index (χ2n) is 9.79. The number of hydrogen-bond acceptors (Lipinski definition) is 4. The highest BCUT2D eigenvalue weighted by Gasteiger charge is 2.27. The Morgan fingerprint density at radius 3 is 2.31 bits per heavy atom. The lowest BCUT2D eigenvalue weighted by Gasteiger charge is -2.40. The zero-order valence-electron chi connectivity index (χ0n) is 21.3. The molecule has 35 heavy (non-hydrogen) atoms. The fraction of sp³-hybridized carbons (Fsp3) is 0.448. The summed E-state index contributed by atoms with van der Waals surface area (Å²) in [6.45, 7) is 8.99. The van der Waals surface area contributed by atoms with Crippen molar-refractivity contribution in [2.24, 2.45) is 11.7 Å². The lowest BCUT2D eigenvalue weighted by atomic mass is 9.99. The number of amides is 2. The van der Waals surface area contributed by atoms with E-state index in [0.717, 1.165) is 49.5 Å². The van der Waals surface area contributed by atoms with E-state index >= 15 is 0 Å². The quantitative estimate of drug-likeness (QED) is 0.466. The van der Waals surface area contributed by atoms with Gasteiger partial charge in [-0.25, -0.2) is 0 Å². The highest BCUT2D eigenvalue weighted by molar-refractivity contribution is 5.78. The van der Waals surface area contributed by atoms with Crippen molar-refractivity contribution in [2.45, 2.75) is 59.1 Å². The van der Waals surface area contributed by atoms with E-state index in [1.807, 2.05) is 42.2 Å². The van der Waals surface area contributed by atoms with Crippen LogP contribution in [0.5, 0.6) is 5.75 Å². The van der Waals surface area contributed by atoms with Crippen molar-refractivity contribution in [3.63, 3.8) is 0 Å². The second kappa shape index (κ2) is 13.0. The molecule has 0 saturated carbocycles. The maximum atomic E-state index is 12.7. The minimum absolute atomic E-state index is 0.0190. The molecule has 3 rings (SSSR count). The van der Waals surface area contributed by atoms with Crippen molar-refractivity contribution >= 4 is 17.5 Å². The molecule has 6 heteroatoms. The number of carbonyl (C=O) groups is 2. The zero-order valence-corrected chi connectivity index (χ0v) is 21.3. The van der Waals surface area contributed by atoms with E-state index in [-0.39, 0.29) is 24.2 Å². The Balaban J connectivity index is 1.60. The number of primary amides is 1. The van der Waals surface area contributed by atoms with Gasteiger partial charge in [-0.3, -0.25) is 9.59 Å². The number of hydrogen-bond donors (Lipinski definition) is 1. The first-order valence-corrected chi connectivity index (χ1v) is 12.5. The highest BCUT2D eigenvalue weighted by Crippen LogP contribution is 2.27. The van der Waals surface area contributed by atoms with Gasteiger partial charge in [0.05, 0.1) is 0 Å². The van der Waals surface area contributed by atoms with Crippen LogP contribution in [0.4, 0.5) is 5.69 Å². The van der Waals surface area contributed by atoms with Crippen LogP contribution in [0.2, 0.25) is 0 Å². The Kier molecular flexibility index (Phi) is 9.76. The molecule has 1 unspecified atom stereocenters. The summed E-state index contributed by atoms with van der Waals surface area (Å²) < 4.78 is 5.96.